The molecule has 0 bridgehead atoms. The van der Waals surface area contributed by atoms with E-state index in [4.69, 9.17) is 23.2 Å². The Kier molecular flexibility index (Phi) is 5.11. The molecule has 0 aliphatic rings. The molecule has 0 radical (unpaired) electrons. The number of amides is 1. The summed E-state index contributed by atoms with van der Waals surface area (Å²) in [4.78, 5) is 12.3. The molecule has 2 rings (SSSR count). The molecular formula is C15H13Cl2NO3S. The van der Waals surface area contributed by atoms with Crippen LogP contribution in [0.5, 0.6) is 0 Å². The highest BCUT2D eigenvalue weighted by Gasteiger charge is 2.13. The third kappa shape index (κ3) is 3.80. The fourth-order valence-corrected chi connectivity index (χ4v) is 3.16. The Morgan fingerprint density at radius 1 is 1.09 bits per heavy atom. The fraction of sp³-hybridized carbons (Fsp3) is 0.133. The molecular weight excluding hydrogens is 345 g/mol. The van der Waals surface area contributed by atoms with Crippen molar-refractivity contribution in [3.05, 3.63) is 58.1 Å². The lowest BCUT2D eigenvalue weighted by Crippen LogP contribution is -2.12. The van der Waals surface area contributed by atoms with Gasteiger partial charge in [0.2, 0.25) is 0 Å². The quantitative estimate of drug-likeness (QED) is 0.897. The van der Waals surface area contributed by atoms with Gasteiger partial charge in [-0.2, -0.15) is 0 Å². The largest absolute Gasteiger partial charge is 0.322 e. The van der Waals surface area contributed by atoms with Gasteiger partial charge in [-0.25, -0.2) is 8.42 Å². The van der Waals surface area contributed by atoms with E-state index in [9.17, 15) is 13.2 Å². The van der Waals surface area contributed by atoms with Gasteiger partial charge in [0.05, 0.1) is 21.2 Å². The fourth-order valence-electron chi connectivity index (χ4n) is 1.78. The van der Waals surface area contributed by atoms with Crippen molar-refractivity contribution in [1.29, 1.82) is 0 Å². The second-order valence-corrected chi connectivity index (χ2v) is 7.63. The van der Waals surface area contributed by atoms with Gasteiger partial charge in [-0.15, -0.1) is 0 Å². The number of hydrogen-bond acceptors (Lipinski definition) is 3. The number of halogens is 2. The third-order valence-electron chi connectivity index (χ3n) is 3.03. The smallest absolute Gasteiger partial charge is 0.257 e. The van der Waals surface area contributed by atoms with Crippen LogP contribution in [0.4, 0.5) is 5.69 Å². The molecule has 0 aliphatic carbocycles. The number of carbonyl (C=O) groups is 1. The number of nitrogens with one attached hydrogen (secondary N) is 1. The van der Waals surface area contributed by atoms with Crippen LogP contribution in [-0.2, 0) is 9.84 Å². The Morgan fingerprint density at radius 3 is 2.27 bits per heavy atom. The SMILES string of the molecule is CCS(=O)(=O)c1ccc(NC(=O)c2ccc(Cl)cc2Cl)cc1. The summed E-state index contributed by atoms with van der Waals surface area (Å²) < 4.78 is 23.4. The molecule has 116 valence electrons. The van der Waals surface area contributed by atoms with Gasteiger partial charge in [-0.05, 0) is 42.5 Å². The predicted molar refractivity (Wildman–Crippen MR) is 88.6 cm³/mol. The van der Waals surface area contributed by atoms with Gasteiger partial charge in [-0.3, -0.25) is 4.79 Å². The molecule has 7 heteroatoms. The van der Waals surface area contributed by atoms with Gasteiger partial charge >= 0.3 is 0 Å². The van der Waals surface area contributed by atoms with E-state index < -0.39 is 15.7 Å². The van der Waals surface area contributed by atoms with Crippen molar-refractivity contribution in [3.8, 4) is 0 Å². The van der Waals surface area contributed by atoms with Crippen LogP contribution in [0.1, 0.15) is 17.3 Å². The Labute approximate surface area is 139 Å². The number of sulfone groups is 1. The molecule has 0 saturated carbocycles. The standard InChI is InChI=1S/C15H13Cl2NO3S/c1-2-22(20,21)12-6-4-11(5-7-12)18-15(19)13-8-3-10(16)9-14(13)17/h3-9H,2H2,1H3,(H,18,19). The van der Waals surface area contributed by atoms with Gasteiger partial charge in [0.1, 0.15) is 0 Å². The zero-order valence-corrected chi connectivity index (χ0v) is 14.0. The Balaban J connectivity index is 2.19. The summed E-state index contributed by atoms with van der Waals surface area (Å²) in [5, 5.41) is 3.34. The van der Waals surface area contributed by atoms with Gasteiger partial charge in [-0.1, -0.05) is 30.1 Å². The van der Waals surface area contributed by atoms with Crippen molar-refractivity contribution < 1.29 is 13.2 Å². The molecule has 2 aromatic rings. The van der Waals surface area contributed by atoms with Gasteiger partial charge in [0.15, 0.2) is 9.84 Å². The lowest BCUT2D eigenvalue weighted by molar-refractivity contribution is 0.102. The molecule has 1 amide bonds. The molecule has 0 aromatic heterocycles. The van der Waals surface area contributed by atoms with Gasteiger partial charge in [0, 0.05) is 10.7 Å². The first-order chi connectivity index (χ1) is 10.3. The van der Waals surface area contributed by atoms with E-state index in [1.165, 1.54) is 36.4 Å². The van der Waals surface area contributed by atoms with E-state index >= 15 is 0 Å². The first-order valence-corrected chi connectivity index (χ1v) is 8.83. The highest BCUT2D eigenvalue weighted by molar-refractivity contribution is 7.91. The van der Waals surface area contributed by atoms with E-state index in [0.29, 0.717) is 10.7 Å². The number of benzene rings is 2. The summed E-state index contributed by atoms with van der Waals surface area (Å²) in [5.41, 5.74) is 0.766. The number of hydrogen-bond donors (Lipinski definition) is 1. The van der Waals surface area contributed by atoms with Crippen LogP contribution in [0, 0.1) is 0 Å². The molecule has 0 atom stereocenters. The predicted octanol–water partition coefficient (Wildman–Crippen LogP) is 4.04. The molecule has 0 unspecified atom stereocenters. The second kappa shape index (κ2) is 6.69. The number of anilines is 1. The molecule has 2 aromatic carbocycles. The van der Waals surface area contributed by atoms with Crippen LogP contribution >= 0.6 is 23.2 Å². The normalized spacial score (nSPS) is 11.2. The van der Waals surface area contributed by atoms with E-state index in [2.05, 4.69) is 5.32 Å². The summed E-state index contributed by atoms with van der Waals surface area (Å²) in [6.07, 6.45) is 0. The minimum absolute atomic E-state index is 0.0269. The monoisotopic (exact) mass is 357 g/mol. The Morgan fingerprint density at radius 2 is 1.73 bits per heavy atom. The van der Waals surface area contributed by atoms with Gasteiger partial charge in [0.25, 0.3) is 5.91 Å². The van der Waals surface area contributed by atoms with Crippen LogP contribution in [0.3, 0.4) is 0 Å². The van der Waals surface area contributed by atoms with Crippen molar-refractivity contribution in [2.24, 2.45) is 0 Å². The summed E-state index contributed by atoms with van der Waals surface area (Å²) in [5.74, 6) is -0.369. The van der Waals surface area contributed by atoms with Crippen molar-refractivity contribution >= 4 is 44.6 Å². The lowest BCUT2D eigenvalue weighted by Gasteiger charge is -2.08. The molecule has 0 spiro atoms. The van der Waals surface area contributed by atoms with E-state index in [-0.39, 0.29) is 21.2 Å². The first kappa shape index (κ1) is 16.8. The zero-order chi connectivity index (χ0) is 16.3. The molecule has 0 fully saturated rings. The van der Waals surface area contributed by atoms with E-state index in [1.54, 1.807) is 13.0 Å². The maximum Gasteiger partial charge on any atom is 0.257 e. The summed E-state index contributed by atoms with van der Waals surface area (Å²) in [6.45, 7) is 1.58. The molecule has 0 aliphatic heterocycles. The molecule has 4 nitrogen and oxygen atoms in total. The maximum absolute atomic E-state index is 12.1. The summed E-state index contributed by atoms with van der Waals surface area (Å²) in [7, 11) is -3.26. The van der Waals surface area contributed by atoms with E-state index in [1.807, 2.05) is 0 Å². The van der Waals surface area contributed by atoms with Gasteiger partial charge < -0.3 is 5.32 Å². The molecule has 0 heterocycles. The van der Waals surface area contributed by atoms with Crippen LogP contribution in [0.15, 0.2) is 47.4 Å². The van der Waals surface area contributed by atoms with Crippen LogP contribution in [0.2, 0.25) is 10.0 Å². The maximum atomic E-state index is 12.1. The van der Waals surface area contributed by atoms with Crippen LogP contribution in [-0.4, -0.2) is 20.1 Å². The van der Waals surface area contributed by atoms with E-state index in [0.717, 1.165) is 0 Å². The molecule has 1 N–H and O–H groups in total. The molecule has 0 saturated heterocycles. The molecule has 22 heavy (non-hydrogen) atoms. The second-order valence-electron chi connectivity index (χ2n) is 4.51. The highest BCUT2D eigenvalue weighted by atomic mass is 35.5. The average molecular weight is 358 g/mol. The number of carbonyl (C=O) groups excluding carboxylic acids is 1. The minimum Gasteiger partial charge on any atom is -0.322 e. The minimum atomic E-state index is -3.26. The highest BCUT2D eigenvalue weighted by Crippen LogP contribution is 2.22. The van der Waals surface area contributed by atoms with Crippen molar-refractivity contribution in [2.75, 3.05) is 11.1 Å². The number of rotatable bonds is 4. The first-order valence-electron chi connectivity index (χ1n) is 6.42. The average Bonchev–Trinajstić information content (AvgIpc) is 2.47. The van der Waals surface area contributed by atoms with Crippen LogP contribution in [0.25, 0.3) is 0 Å². The Hall–Kier alpha value is -1.56. The van der Waals surface area contributed by atoms with Crippen LogP contribution < -0.4 is 5.32 Å². The zero-order valence-electron chi connectivity index (χ0n) is 11.6. The van der Waals surface area contributed by atoms with Crippen molar-refractivity contribution in [3.63, 3.8) is 0 Å². The summed E-state index contributed by atoms with van der Waals surface area (Å²) >= 11 is 11.8. The van der Waals surface area contributed by atoms with Crippen molar-refractivity contribution in [1.82, 2.24) is 0 Å². The summed E-state index contributed by atoms with van der Waals surface area (Å²) in [6, 6.07) is 10.6. The Bertz CT molecular complexity index is 802. The van der Waals surface area contributed by atoms with Crippen molar-refractivity contribution in [2.45, 2.75) is 11.8 Å². The third-order valence-corrected chi connectivity index (χ3v) is 5.33. The lowest BCUT2D eigenvalue weighted by atomic mass is 10.2. The topological polar surface area (TPSA) is 63.2 Å².